The van der Waals surface area contributed by atoms with Gasteiger partial charge in [0.1, 0.15) is 5.54 Å². The zero-order valence-electron chi connectivity index (χ0n) is 12.4. The molecule has 3 atom stereocenters. The molecule has 4 heteroatoms. The lowest BCUT2D eigenvalue weighted by Crippen LogP contribution is -2.54. The maximum Gasteiger partial charge on any atom is 0.323 e. The van der Waals surface area contributed by atoms with Crippen molar-refractivity contribution < 1.29 is 9.90 Å². The molecule has 0 aromatic carbocycles. The largest absolute Gasteiger partial charge is 0.480 e. The van der Waals surface area contributed by atoms with Gasteiger partial charge in [0.2, 0.25) is 0 Å². The minimum Gasteiger partial charge on any atom is -0.480 e. The molecule has 1 aliphatic carbocycles. The Morgan fingerprint density at radius 1 is 1.44 bits per heavy atom. The van der Waals surface area contributed by atoms with Crippen molar-refractivity contribution in [1.29, 1.82) is 0 Å². The SMILES string of the molecule is CCC(C)N(C)C(C)CC(C)(NC1CC1)C(=O)O. The molecule has 4 nitrogen and oxygen atoms in total. The van der Waals surface area contributed by atoms with E-state index in [4.69, 9.17) is 0 Å². The number of aliphatic carboxylic acids is 1. The summed E-state index contributed by atoms with van der Waals surface area (Å²) in [7, 11) is 2.08. The topological polar surface area (TPSA) is 52.6 Å². The summed E-state index contributed by atoms with van der Waals surface area (Å²) in [6.07, 6.45) is 3.94. The maximum absolute atomic E-state index is 11.5. The average Bonchev–Trinajstić information content (AvgIpc) is 3.10. The Kier molecular flexibility index (Phi) is 5.17. The first-order chi connectivity index (χ1) is 8.30. The third-order valence-corrected chi connectivity index (χ3v) is 4.26. The smallest absolute Gasteiger partial charge is 0.323 e. The summed E-state index contributed by atoms with van der Waals surface area (Å²) in [5.41, 5.74) is -0.803. The van der Waals surface area contributed by atoms with Crippen molar-refractivity contribution in [3.8, 4) is 0 Å². The zero-order valence-corrected chi connectivity index (χ0v) is 12.4. The molecule has 0 aromatic rings. The number of nitrogens with zero attached hydrogens (tertiary/aromatic N) is 1. The lowest BCUT2D eigenvalue weighted by molar-refractivity contribution is -0.145. The Morgan fingerprint density at radius 2 is 2.00 bits per heavy atom. The fraction of sp³-hybridized carbons (Fsp3) is 0.929. The van der Waals surface area contributed by atoms with Crippen LogP contribution >= 0.6 is 0 Å². The predicted octanol–water partition coefficient (Wildman–Crippen LogP) is 2.09. The van der Waals surface area contributed by atoms with E-state index in [0.29, 0.717) is 18.5 Å². The van der Waals surface area contributed by atoms with Gasteiger partial charge in [0.05, 0.1) is 0 Å². The van der Waals surface area contributed by atoms with Gasteiger partial charge in [0, 0.05) is 18.1 Å². The van der Waals surface area contributed by atoms with Crippen LogP contribution in [0.25, 0.3) is 0 Å². The maximum atomic E-state index is 11.5. The molecule has 0 radical (unpaired) electrons. The first-order valence-corrected chi connectivity index (χ1v) is 7.03. The Morgan fingerprint density at radius 3 is 2.39 bits per heavy atom. The summed E-state index contributed by atoms with van der Waals surface area (Å²) in [5.74, 6) is -0.737. The summed E-state index contributed by atoms with van der Waals surface area (Å²) >= 11 is 0. The summed E-state index contributed by atoms with van der Waals surface area (Å²) in [4.78, 5) is 13.8. The molecule has 0 aliphatic heterocycles. The third kappa shape index (κ3) is 3.95. The Hall–Kier alpha value is -0.610. The van der Waals surface area contributed by atoms with Crippen LogP contribution in [-0.4, -0.2) is 46.7 Å². The van der Waals surface area contributed by atoms with E-state index in [1.807, 2.05) is 6.92 Å². The number of carboxylic acid groups (broad SMARTS) is 1. The quantitative estimate of drug-likeness (QED) is 0.698. The van der Waals surface area contributed by atoms with Crippen molar-refractivity contribution in [2.45, 2.75) is 77.0 Å². The Balaban J connectivity index is 2.61. The van der Waals surface area contributed by atoms with E-state index < -0.39 is 11.5 Å². The van der Waals surface area contributed by atoms with Gasteiger partial charge in [0.15, 0.2) is 0 Å². The standard InChI is InChI=1S/C14H28N2O2/c1-6-10(2)16(5)11(3)9-14(4,13(17)18)15-12-7-8-12/h10-12,15H,6-9H2,1-5H3,(H,17,18). The van der Waals surface area contributed by atoms with Crippen LogP contribution in [0, 0.1) is 0 Å². The summed E-state index contributed by atoms with van der Waals surface area (Å²) in [5, 5.41) is 12.7. The molecule has 0 amide bonds. The molecule has 18 heavy (non-hydrogen) atoms. The highest BCUT2D eigenvalue weighted by Gasteiger charge is 2.40. The van der Waals surface area contributed by atoms with Gasteiger partial charge in [-0.05, 0) is 53.5 Å². The fourth-order valence-electron chi connectivity index (χ4n) is 2.34. The zero-order chi connectivity index (χ0) is 13.9. The van der Waals surface area contributed by atoms with E-state index in [2.05, 4.69) is 38.0 Å². The number of rotatable bonds is 8. The molecule has 1 rings (SSSR count). The Labute approximate surface area is 111 Å². The second-order valence-electron chi connectivity index (χ2n) is 6.03. The molecular formula is C14H28N2O2. The number of nitrogens with one attached hydrogen (secondary N) is 1. The van der Waals surface area contributed by atoms with Gasteiger partial charge in [-0.2, -0.15) is 0 Å². The van der Waals surface area contributed by atoms with Crippen molar-refractivity contribution in [3.05, 3.63) is 0 Å². The normalized spacial score (nSPS) is 22.6. The van der Waals surface area contributed by atoms with Crippen LogP contribution in [0.3, 0.4) is 0 Å². The van der Waals surface area contributed by atoms with Crippen molar-refractivity contribution >= 4 is 5.97 Å². The highest BCUT2D eigenvalue weighted by molar-refractivity contribution is 5.78. The van der Waals surface area contributed by atoms with Crippen LogP contribution < -0.4 is 5.32 Å². The van der Waals surface area contributed by atoms with Crippen LogP contribution in [0.15, 0.2) is 0 Å². The molecule has 2 N–H and O–H groups in total. The van der Waals surface area contributed by atoms with Gasteiger partial charge in [-0.15, -0.1) is 0 Å². The van der Waals surface area contributed by atoms with Gasteiger partial charge >= 0.3 is 5.97 Å². The molecule has 1 fully saturated rings. The highest BCUT2D eigenvalue weighted by Crippen LogP contribution is 2.26. The summed E-state index contributed by atoms with van der Waals surface area (Å²) < 4.78 is 0. The van der Waals surface area contributed by atoms with Gasteiger partial charge in [-0.25, -0.2) is 0 Å². The van der Waals surface area contributed by atoms with Crippen molar-refractivity contribution in [2.75, 3.05) is 7.05 Å². The van der Waals surface area contributed by atoms with E-state index in [1.165, 1.54) is 0 Å². The molecule has 106 valence electrons. The van der Waals surface area contributed by atoms with Gasteiger partial charge in [0.25, 0.3) is 0 Å². The second kappa shape index (κ2) is 6.02. The summed E-state index contributed by atoms with van der Waals surface area (Å²) in [6, 6.07) is 1.15. The molecule has 0 bridgehead atoms. The highest BCUT2D eigenvalue weighted by atomic mass is 16.4. The lowest BCUT2D eigenvalue weighted by atomic mass is 9.92. The number of hydrogen-bond acceptors (Lipinski definition) is 3. The molecule has 1 saturated carbocycles. The van der Waals surface area contributed by atoms with Crippen LogP contribution in [0.5, 0.6) is 0 Å². The monoisotopic (exact) mass is 256 g/mol. The summed E-state index contributed by atoms with van der Waals surface area (Å²) in [6.45, 7) is 8.27. The number of carboxylic acids is 1. The molecule has 0 saturated heterocycles. The first-order valence-electron chi connectivity index (χ1n) is 7.03. The van der Waals surface area contributed by atoms with Crippen molar-refractivity contribution in [3.63, 3.8) is 0 Å². The first kappa shape index (κ1) is 15.4. The van der Waals surface area contributed by atoms with E-state index in [0.717, 1.165) is 19.3 Å². The fourth-order valence-corrected chi connectivity index (χ4v) is 2.34. The minimum atomic E-state index is -0.803. The predicted molar refractivity (Wildman–Crippen MR) is 73.8 cm³/mol. The van der Waals surface area contributed by atoms with E-state index in [9.17, 15) is 9.90 Å². The van der Waals surface area contributed by atoms with Crippen LogP contribution in [0.4, 0.5) is 0 Å². The number of carbonyl (C=O) groups is 1. The molecule has 0 aromatic heterocycles. The number of hydrogen-bond donors (Lipinski definition) is 2. The molecule has 3 unspecified atom stereocenters. The molecule has 0 heterocycles. The van der Waals surface area contributed by atoms with Gasteiger partial charge in [-0.1, -0.05) is 6.92 Å². The van der Waals surface area contributed by atoms with E-state index >= 15 is 0 Å². The lowest BCUT2D eigenvalue weighted by Gasteiger charge is -2.36. The van der Waals surface area contributed by atoms with Crippen LogP contribution in [0.1, 0.15) is 53.4 Å². The van der Waals surface area contributed by atoms with Crippen LogP contribution in [-0.2, 0) is 4.79 Å². The van der Waals surface area contributed by atoms with E-state index in [1.54, 1.807) is 0 Å². The van der Waals surface area contributed by atoms with Crippen molar-refractivity contribution in [2.24, 2.45) is 0 Å². The average molecular weight is 256 g/mol. The molecule has 0 spiro atoms. The van der Waals surface area contributed by atoms with Gasteiger partial charge < -0.3 is 10.0 Å². The van der Waals surface area contributed by atoms with Crippen molar-refractivity contribution in [1.82, 2.24) is 10.2 Å². The Bertz CT molecular complexity index is 292. The van der Waals surface area contributed by atoms with E-state index in [-0.39, 0.29) is 6.04 Å². The van der Waals surface area contributed by atoms with Gasteiger partial charge in [-0.3, -0.25) is 10.1 Å². The van der Waals surface area contributed by atoms with Crippen LogP contribution in [0.2, 0.25) is 0 Å². The minimum absolute atomic E-state index is 0.257. The third-order valence-electron chi connectivity index (χ3n) is 4.26. The molecular weight excluding hydrogens is 228 g/mol. The second-order valence-corrected chi connectivity index (χ2v) is 6.03. The molecule has 1 aliphatic rings.